The molecule has 0 aliphatic heterocycles. The molecule has 0 aromatic heterocycles. The van der Waals surface area contributed by atoms with E-state index in [2.05, 4.69) is 10.6 Å². The summed E-state index contributed by atoms with van der Waals surface area (Å²) in [5, 5.41) is 16.3. The zero-order chi connectivity index (χ0) is 20.0. The highest BCUT2D eigenvalue weighted by molar-refractivity contribution is 5.88. The summed E-state index contributed by atoms with van der Waals surface area (Å²) in [6.07, 6.45) is -4.66. The highest BCUT2D eigenvalue weighted by Gasteiger charge is 2.32. The van der Waals surface area contributed by atoms with Crippen molar-refractivity contribution >= 4 is 23.0 Å². The molecule has 0 saturated carbocycles. The highest BCUT2D eigenvalue weighted by atomic mass is 19.4. The molecule has 0 fully saturated rings. The van der Waals surface area contributed by atoms with E-state index in [-0.39, 0.29) is 24.7 Å². The number of rotatable bonds is 7. The van der Waals surface area contributed by atoms with Crippen LogP contribution in [0.5, 0.6) is 5.75 Å². The second-order valence-electron chi connectivity index (χ2n) is 5.47. The summed E-state index contributed by atoms with van der Waals surface area (Å²) in [6.45, 7) is 1.59. The summed E-state index contributed by atoms with van der Waals surface area (Å²) < 4.78 is 43.5. The maximum absolute atomic E-state index is 12.7. The predicted octanol–water partition coefficient (Wildman–Crippen LogP) is 4.06. The molecule has 2 N–H and O–H groups in total. The number of anilines is 2. The summed E-state index contributed by atoms with van der Waals surface area (Å²) in [6, 6.07) is 8.88. The SMILES string of the molecule is CC(=O)Nc1cccc(OCCNc2ccc(C(F)(F)F)cc2[N+](=O)[O-])c1. The number of amides is 1. The third kappa shape index (κ3) is 5.87. The van der Waals surface area contributed by atoms with Gasteiger partial charge < -0.3 is 15.4 Å². The Kier molecular flexibility index (Phi) is 6.22. The van der Waals surface area contributed by atoms with Crippen molar-refractivity contribution in [1.82, 2.24) is 0 Å². The summed E-state index contributed by atoms with van der Waals surface area (Å²) in [4.78, 5) is 21.2. The van der Waals surface area contributed by atoms with Crippen molar-refractivity contribution in [2.75, 3.05) is 23.8 Å². The quantitative estimate of drug-likeness (QED) is 0.427. The smallest absolute Gasteiger partial charge is 0.416 e. The van der Waals surface area contributed by atoms with Crippen molar-refractivity contribution in [3.05, 3.63) is 58.1 Å². The molecule has 0 radical (unpaired) electrons. The van der Waals surface area contributed by atoms with Gasteiger partial charge in [-0.05, 0) is 24.3 Å². The molecular formula is C17H16F3N3O4. The molecule has 144 valence electrons. The molecular weight excluding hydrogens is 367 g/mol. The van der Waals surface area contributed by atoms with E-state index in [1.807, 2.05) is 0 Å². The average molecular weight is 383 g/mol. The number of hydrogen-bond acceptors (Lipinski definition) is 5. The molecule has 7 nitrogen and oxygen atoms in total. The maximum atomic E-state index is 12.7. The van der Waals surface area contributed by atoms with Gasteiger partial charge in [0.1, 0.15) is 18.0 Å². The first-order valence-electron chi connectivity index (χ1n) is 7.77. The monoisotopic (exact) mass is 383 g/mol. The first-order chi connectivity index (χ1) is 12.7. The lowest BCUT2D eigenvalue weighted by atomic mass is 10.1. The van der Waals surface area contributed by atoms with Gasteiger partial charge in [0, 0.05) is 31.3 Å². The number of ether oxygens (including phenoxy) is 1. The van der Waals surface area contributed by atoms with Crippen molar-refractivity contribution in [2.24, 2.45) is 0 Å². The van der Waals surface area contributed by atoms with E-state index in [9.17, 15) is 28.1 Å². The molecule has 2 aromatic rings. The Hall–Kier alpha value is -3.30. The van der Waals surface area contributed by atoms with Crippen LogP contribution in [0.1, 0.15) is 12.5 Å². The number of nitro groups is 1. The van der Waals surface area contributed by atoms with Crippen molar-refractivity contribution in [1.29, 1.82) is 0 Å². The van der Waals surface area contributed by atoms with Gasteiger partial charge in [0.05, 0.1) is 10.5 Å². The van der Waals surface area contributed by atoms with Crippen molar-refractivity contribution in [3.8, 4) is 5.75 Å². The average Bonchev–Trinajstić information content (AvgIpc) is 2.57. The summed E-state index contributed by atoms with van der Waals surface area (Å²) in [5.74, 6) is 0.230. The molecule has 0 spiro atoms. The van der Waals surface area contributed by atoms with E-state index >= 15 is 0 Å². The van der Waals surface area contributed by atoms with Gasteiger partial charge in [-0.3, -0.25) is 14.9 Å². The van der Waals surface area contributed by atoms with E-state index in [1.165, 1.54) is 6.92 Å². The molecule has 2 rings (SSSR count). The number of nitrogens with zero attached hydrogens (tertiary/aromatic N) is 1. The highest BCUT2D eigenvalue weighted by Crippen LogP contribution is 2.34. The van der Waals surface area contributed by atoms with E-state index in [0.717, 1.165) is 12.1 Å². The molecule has 0 unspecified atom stereocenters. The first-order valence-corrected chi connectivity index (χ1v) is 7.77. The lowest BCUT2D eigenvalue weighted by molar-refractivity contribution is -0.384. The minimum Gasteiger partial charge on any atom is -0.492 e. The van der Waals surface area contributed by atoms with E-state index in [4.69, 9.17) is 4.74 Å². The van der Waals surface area contributed by atoms with Crippen LogP contribution in [0.3, 0.4) is 0 Å². The van der Waals surface area contributed by atoms with Gasteiger partial charge >= 0.3 is 6.18 Å². The van der Waals surface area contributed by atoms with Crippen LogP contribution in [-0.2, 0) is 11.0 Å². The number of carbonyl (C=O) groups excluding carboxylic acids is 1. The number of hydrogen-bond donors (Lipinski definition) is 2. The fourth-order valence-electron chi connectivity index (χ4n) is 2.23. The van der Waals surface area contributed by atoms with Crippen molar-refractivity contribution < 1.29 is 27.6 Å². The number of benzene rings is 2. The third-order valence-electron chi connectivity index (χ3n) is 3.36. The molecule has 0 heterocycles. The molecule has 0 aliphatic carbocycles. The van der Waals surface area contributed by atoms with Crippen molar-refractivity contribution in [2.45, 2.75) is 13.1 Å². The molecule has 1 amide bonds. The van der Waals surface area contributed by atoms with Gasteiger partial charge in [-0.15, -0.1) is 0 Å². The lowest BCUT2D eigenvalue weighted by Gasteiger charge is -2.12. The second kappa shape index (κ2) is 8.39. The number of nitro benzene ring substituents is 1. The zero-order valence-corrected chi connectivity index (χ0v) is 14.2. The van der Waals surface area contributed by atoms with Crippen LogP contribution in [0, 0.1) is 10.1 Å². The van der Waals surface area contributed by atoms with Crippen LogP contribution in [0.4, 0.5) is 30.2 Å². The van der Waals surface area contributed by atoms with E-state index in [1.54, 1.807) is 24.3 Å². The fourth-order valence-corrected chi connectivity index (χ4v) is 2.23. The van der Waals surface area contributed by atoms with Crippen LogP contribution in [0.25, 0.3) is 0 Å². The van der Waals surface area contributed by atoms with Gasteiger partial charge in [-0.1, -0.05) is 6.07 Å². The Balaban J connectivity index is 1.97. The lowest BCUT2D eigenvalue weighted by Crippen LogP contribution is -2.13. The minimum atomic E-state index is -4.66. The maximum Gasteiger partial charge on any atom is 0.416 e. The normalized spacial score (nSPS) is 11.0. The molecule has 2 aromatic carbocycles. The van der Waals surface area contributed by atoms with Gasteiger partial charge in [-0.25, -0.2) is 0 Å². The standard InChI is InChI=1S/C17H16F3N3O4/c1-11(24)22-13-3-2-4-14(10-13)27-8-7-21-15-6-5-12(17(18,19)20)9-16(15)23(25)26/h2-6,9-10,21H,7-8H2,1H3,(H,22,24). The fraction of sp³-hybridized carbons (Fsp3) is 0.235. The Morgan fingerprint density at radius 2 is 1.96 bits per heavy atom. The van der Waals surface area contributed by atoms with Crippen molar-refractivity contribution in [3.63, 3.8) is 0 Å². The number of carbonyl (C=O) groups is 1. The Morgan fingerprint density at radius 3 is 2.59 bits per heavy atom. The van der Waals surface area contributed by atoms with Crippen LogP contribution >= 0.6 is 0 Å². The molecule has 10 heteroatoms. The van der Waals surface area contributed by atoms with Gasteiger partial charge in [0.2, 0.25) is 5.91 Å². The molecule has 0 atom stereocenters. The number of nitrogens with one attached hydrogen (secondary N) is 2. The molecule has 27 heavy (non-hydrogen) atoms. The first kappa shape index (κ1) is 20.0. The van der Waals surface area contributed by atoms with Gasteiger partial charge in [0.15, 0.2) is 0 Å². The minimum absolute atomic E-state index is 0.0383. The second-order valence-corrected chi connectivity index (χ2v) is 5.47. The van der Waals surface area contributed by atoms with E-state index in [0.29, 0.717) is 17.5 Å². The topological polar surface area (TPSA) is 93.5 Å². The van der Waals surface area contributed by atoms with Gasteiger partial charge in [0.25, 0.3) is 5.69 Å². The molecule has 0 saturated heterocycles. The van der Waals surface area contributed by atoms with Crippen LogP contribution in [-0.4, -0.2) is 24.0 Å². The van der Waals surface area contributed by atoms with Crippen LogP contribution in [0.2, 0.25) is 0 Å². The third-order valence-corrected chi connectivity index (χ3v) is 3.36. The van der Waals surface area contributed by atoms with Gasteiger partial charge in [-0.2, -0.15) is 13.2 Å². The number of halogens is 3. The summed E-state index contributed by atoms with van der Waals surface area (Å²) in [5.41, 5.74) is -1.25. The number of alkyl halides is 3. The largest absolute Gasteiger partial charge is 0.492 e. The Labute approximate surface area is 152 Å². The summed E-state index contributed by atoms with van der Waals surface area (Å²) in [7, 11) is 0. The summed E-state index contributed by atoms with van der Waals surface area (Å²) >= 11 is 0. The Morgan fingerprint density at radius 1 is 1.22 bits per heavy atom. The zero-order valence-electron chi connectivity index (χ0n) is 14.2. The van der Waals surface area contributed by atoms with Crippen LogP contribution < -0.4 is 15.4 Å². The van der Waals surface area contributed by atoms with E-state index < -0.39 is 22.4 Å². The van der Waals surface area contributed by atoms with Crippen LogP contribution in [0.15, 0.2) is 42.5 Å². The molecule has 0 aliphatic rings. The Bertz CT molecular complexity index is 840. The molecule has 0 bridgehead atoms. The predicted molar refractivity (Wildman–Crippen MR) is 92.8 cm³/mol.